The second kappa shape index (κ2) is 5.76. The summed E-state index contributed by atoms with van der Waals surface area (Å²) in [6.07, 6.45) is 5.85. The van der Waals surface area contributed by atoms with Gasteiger partial charge in [-0.05, 0) is 48.7 Å². The van der Waals surface area contributed by atoms with Crippen LogP contribution in [0.1, 0.15) is 45.2 Å². The third-order valence-corrected chi connectivity index (χ3v) is 7.24. The summed E-state index contributed by atoms with van der Waals surface area (Å²) in [6.45, 7) is 5.54. The average Bonchev–Trinajstić information content (AvgIpc) is 3.03. The minimum absolute atomic E-state index is 0.0503. The summed E-state index contributed by atoms with van der Waals surface area (Å²) in [5.41, 5.74) is 0.619. The molecule has 7 heteroatoms. The summed E-state index contributed by atoms with van der Waals surface area (Å²) in [5, 5.41) is 9.99. The molecule has 5 rings (SSSR count). The van der Waals surface area contributed by atoms with Gasteiger partial charge in [0.15, 0.2) is 0 Å². The molecule has 0 radical (unpaired) electrons. The molecule has 2 bridgehead atoms. The molecule has 1 saturated carbocycles. The van der Waals surface area contributed by atoms with Gasteiger partial charge in [-0.25, -0.2) is 0 Å². The summed E-state index contributed by atoms with van der Waals surface area (Å²) >= 11 is 3.48. The van der Waals surface area contributed by atoms with E-state index in [1.165, 1.54) is 0 Å². The molecule has 2 unspecified atom stereocenters. The monoisotopic (exact) mass is 430 g/mol. The number of rotatable bonds is 2. The third-order valence-electron chi connectivity index (χ3n) is 6.81. The van der Waals surface area contributed by atoms with Gasteiger partial charge in [-0.1, -0.05) is 0 Å². The number of pyridine rings is 1. The van der Waals surface area contributed by atoms with Gasteiger partial charge in [-0.2, -0.15) is 5.26 Å². The van der Waals surface area contributed by atoms with Crippen molar-refractivity contribution in [2.75, 3.05) is 18.0 Å². The Labute approximate surface area is 167 Å². The first kappa shape index (κ1) is 17.6. The number of amides is 1. The lowest BCUT2D eigenvalue weighted by atomic mass is 9.71. The van der Waals surface area contributed by atoms with Crippen LogP contribution in [0.5, 0.6) is 0 Å². The summed E-state index contributed by atoms with van der Waals surface area (Å²) in [4.78, 5) is 21.9. The SMILES string of the molecule is CC1(C)C(=O)N(C2CC(C#N)(N3CC4CCC(C3)O4)C2)c2cc(Br)cnc21. The lowest BCUT2D eigenvalue weighted by molar-refractivity contribution is -0.124. The normalized spacial score (nSPS) is 37.0. The maximum absolute atomic E-state index is 13.2. The Kier molecular flexibility index (Phi) is 3.75. The van der Waals surface area contributed by atoms with E-state index in [4.69, 9.17) is 4.74 Å². The summed E-state index contributed by atoms with van der Waals surface area (Å²) in [6, 6.07) is 4.62. The highest BCUT2D eigenvalue weighted by Crippen LogP contribution is 2.50. The van der Waals surface area contributed by atoms with Crippen molar-refractivity contribution < 1.29 is 9.53 Å². The second-order valence-corrected chi connectivity index (χ2v) is 9.80. The first-order valence-corrected chi connectivity index (χ1v) is 10.4. The quantitative estimate of drug-likeness (QED) is 0.721. The van der Waals surface area contributed by atoms with Crippen LogP contribution in [-0.2, 0) is 14.9 Å². The van der Waals surface area contributed by atoms with E-state index in [0.717, 1.165) is 41.8 Å². The van der Waals surface area contributed by atoms with Crippen molar-refractivity contribution in [2.24, 2.45) is 0 Å². The van der Waals surface area contributed by atoms with Gasteiger partial charge >= 0.3 is 0 Å². The Morgan fingerprint density at radius 1 is 1.30 bits per heavy atom. The number of hydrogen-bond donors (Lipinski definition) is 0. The summed E-state index contributed by atoms with van der Waals surface area (Å²) in [5.74, 6) is 0.0849. The van der Waals surface area contributed by atoms with Crippen molar-refractivity contribution in [3.8, 4) is 6.07 Å². The topological polar surface area (TPSA) is 69.5 Å². The highest BCUT2D eigenvalue weighted by Gasteiger charge is 2.58. The number of anilines is 1. The van der Waals surface area contributed by atoms with Gasteiger partial charge in [-0.15, -0.1) is 0 Å². The standard InChI is InChI=1S/C20H23BrN4O2/c1-19(2)17-16(5-12(21)8-23-17)25(18(19)26)13-6-20(7-13,11-22)24-9-14-3-4-15(10-24)27-14/h5,8,13-15H,3-4,6-7,9-10H2,1-2H3. The van der Waals surface area contributed by atoms with Gasteiger partial charge in [0.05, 0.1) is 35.1 Å². The van der Waals surface area contributed by atoms with Crippen LogP contribution < -0.4 is 4.90 Å². The van der Waals surface area contributed by atoms with E-state index in [2.05, 4.69) is 31.9 Å². The van der Waals surface area contributed by atoms with E-state index >= 15 is 0 Å². The van der Waals surface area contributed by atoms with Gasteiger partial charge in [-0.3, -0.25) is 14.7 Å². The molecule has 27 heavy (non-hydrogen) atoms. The van der Waals surface area contributed by atoms with Crippen molar-refractivity contribution in [1.29, 1.82) is 5.26 Å². The Morgan fingerprint density at radius 3 is 2.59 bits per heavy atom. The Balaban J connectivity index is 1.41. The molecule has 6 nitrogen and oxygen atoms in total. The molecule has 0 N–H and O–H groups in total. The zero-order chi connectivity index (χ0) is 19.0. The lowest BCUT2D eigenvalue weighted by Crippen LogP contribution is -2.66. The number of likely N-dealkylation sites (tertiary alicyclic amines) is 1. The summed E-state index contributed by atoms with van der Waals surface area (Å²) < 4.78 is 6.81. The van der Waals surface area contributed by atoms with Gasteiger partial charge < -0.3 is 9.64 Å². The molecule has 2 atom stereocenters. The molecule has 1 amide bonds. The van der Waals surface area contributed by atoms with Crippen LogP contribution in [0.4, 0.5) is 5.69 Å². The van der Waals surface area contributed by atoms with E-state index in [1.54, 1.807) is 6.20 Å². The molecule has 1 aromatic rings. The van der Waals surface area contributed by atoms with Crippen LogP contribution >= 0.6 is 15.9 Å². The largest absolute Gasteiger partial charge is 0.372 e. The molecule has 3 aliphatic heterocycles. The van der Waals surface area contributed by atoms with E-state index in [1.807, 2.05) is 24.8 Å². The number of nitrogens with zero attached hydrogens (tertiary/aromatic N) is 4. The molecule has 1 aromatic heterocycles. The number of hydrogen-bond acceptors (Lipinski definition) is 5. The fourth-order valence-corrected chi connectivity index (χ4v) is 5.57. The number of aromatic nitrogens is 1. The molecule has 142 valence electrons. The minimum atomic E-state index is -0.626. The van der Waals surface area contributed by atoms with Crippen molar-refractivity contribution in [1.82, 2.24) is 9.88 Å². The number of morpholine rings is 1. The highest BCUT2D eigenvalue weighted by atomic mass is 79.9. The smallest absolute Gasteiger partial charge is 0.239 e. The number of carbonyl (C=O) groups excluding carboxylic acids is 1. The number of halogens is 1. The number of carbonyl (C=O) groups is 1. The van der Waals surface area contributed by atoms with Crippen molar-refractivity contribution >= 4 is 27.5 Å². The molecular formula is C20H23BrN4O2. The van der Waals surface area contributed by atoms with E-state index in [0.29, 0.717) is 12.8 Å². The molecule has 4 aliphatic rings. The molecule has 1 aliphatic carbocycles. The zero-order valence-electron chi connectivity index (χ0n) is 15.6. The predicted octanol–water partition coefficient (Wildman–Crippen LogP) is 2.76. The third kappa shape index (κ3) is 2.43. The molecule has 4 heterocycles. The van der Waals surface area contributed by atoms with Crippen molar-refractivity contribution in [3.63, 3.8) is 0 Å². The zero-order valence-corrected chi connectivity index (χ0v) is 17.2. The maximum atomic E-state index is 13.2. The molecule has 0 spiro atoms. The van der Waals surface area contributed by atoms with Crippen LogP contribution in [-0.4, -0.2) is 52.7 Å². The molecule has 3 fully saturated rings. The van der Waals surface area contributed by atoms with Crippen LogP contribution in [0, 0.1) is 11.3 Å². The minimum Gasteiger partial charge on any atom is -0.372 e. The van der Waals surface area contributed by atoms with Crippen LogP contribution in [0.25, 0.3) is 0 Å². The van der Waals surface area contributed by atoms with E-state index in [9.17, 15) is 10.1 Å². The van der Waals surface area contributed by atoms with Crippen LogP contribution in [0.15, 0.2) is 16.7 Å². The fourth-order valence-electron chi connectivity index (χ4n) is 5.26. The lowest BCUT2D eigenvalue weighted by Gasteiger charge is -2.54. The fraction of sp³-hybridized carbons (Fsp3) is 0.650. The Morgan fingerprint density at radius 2 is 1.96 bits per heavy atom. The molecule has 0 aromatic carbocycles. The predicted molar refractivity (Wildman–Crippen MR) is 103 cm³/mol. The Bertz CT molecular complexity index is 846. The van der Waals surface area contributed by atoms with Crippen LogP contribution in [0.2, 0.25) is 0 Å². The van der Waals surface area contributed by atoms with Gasteiger partial charge in [0.1, 0.15) is 5.54 Å². The van der Waals surface area contributed by atoms with E-state index < -0.39 is 11.0 Å². The maximum Gasteiger partial charge on any atom is 0.239 e. The Hall–Kier alpha value is -1.49. The molecule has 2 saturated heterocycles. The van der Waals surface area contributed by atoms with Gasteiger partial charge in [0, 0.05) is 42.6 Å². The first-order valence-electron chi connectivity index (χ1n) is 9.65. The first-order chi connectivity index (χ1) is 12.8. The highest BCUT2D eigenvalue weighted by molar-refractivity contribution is 9.10. The summed E-state index contributed by atoms with van der Waals surface area (Å²) in [7, 11) is 0. The van der Waals surface area contributed by atoms with Crippen LogP contribution in [0.3, 0.4) is 0 Å². The second-order valence-electron chi connectivity index (χ2n) is 8.89. The van der Waals surface area contributed by atoms with E-state index in [-0.39, 0.29) is 24.2 Å². The average molecular weight is 431 g/mol. The molecular weight excluding hydrogens is 408 g/mol. The number of ether oxygens (including phenoxy) is 1. The van der Waals surface area contributed by atoms with Gasteiger partial charge in [0.25, 0.3) is 0 Å². The van der Waals surface area contributed by atoms with Gasteiger partial charge in [0.2, 0.25) is 5.91 Å². The number of nitriles is 1. The number of fused-ring (bicyclic) bond motifs is 3. The van der Waals surface area contributed by atoms with Crippen molar-refractivity contribution in [2.45, 2.75) is 68.7 Å². The van der Waals surface area contributed by atoms with Crippen molar-refractivity contribution in [3.05, 3.63) is 22.4 Å².